The lowest BCUT2D eigenvalue weighted by atomic mass is 9.33. The predicted octanol–water partition coefficient (Wildman–Crippen LogP) is 11.5. The second kappa shape index (κ2) is 10.0. The van der Waals surface area contributed by atoms with Crippen molar-refractivity contribution in [2.75, 3.05) is 0 Å². The monoisotopic (exact) mass is 477 g/mol. The Morgan fingerprint density at radius 1 is 0.441 bits per heavy atom. The fourth-order valence-electron chi connectivity index (χ4n) is 10.1. The van der Waals surface area contributed by atoms with Gasteiger partial charge in [0.15, 0.2) is 0 Å². The molecule has 34 heavy (non-hydrogen) atoms. The van der Waals surface area contributed by atoms with Crippen molar-refractivity contribution in [2.45, 2.75) is 150 Å². The third-order valence-corrected chi connectivity index (χ3v) is 12.3. The van der Waals surface area contributed by atoms with E-state index in [0.29, 0.717) is 32.5 Å². The maximum Gasteiger partial charge on any atom is -0.0164 e. The van der Waals surface area contributed by atoms with Gasteiger partial charge in [-0.25, -0.2) is 0 Å². The Labute approximate surface area is 218 Å². The van der Waals surface area contributed by atoms with Crippen LogP contribution in [0.2, 0.25) is 0 Å². The summed E-state index contributed by atoms with van der Waals surface area (Å²) in [5.74, 6) is 4.79. The molecule has 0 aromatic carbocycles. The van der Waals surface area contributed by atoms with E-state index in [1.165, 1.54) is 25.7 Å². The Morgan fingerprint density at radius 3 is 0.941 bits per heavy atom. The molecule has 0 radical (unpaired) electrons. The van der Waals surface area contributed by atoms with Crippen molar-refractivity contribution in [2.24, 2.45) is 68.0 Å². The van der Waals surface area contributed by atoms with Crippen LogP contribution in [0.3, 0.4) is 0 Å². The first-order chi connectivity index (χ1) is 15.0. The largest absolute Gasteiger partial charge is 0.0622 e. The van der Waals surface area contributed by atoms with E-state index in [1.54, 1.807) is 0 Å². The highest BCUT2D eigenvalue weighted by Gasteiger charge is 2.67. The Hall–Kier alpha value is 0. The molecule has 0 nitrogen and oxygen atoms in total. The van der Waals surface area contributed by atoms with E-state index in [1.807, 2.05) is 0 Å². The van der Waals surface area contributed by atoms with Crippen LogP contribution >= 0.6 is 0 Å². The maximum absolute atomic E-state index is 2.46. The Morgan fingerprint density at radius 2 is 0.824 bits per heavy atom. The molecule has 1 atom stereocenters. The maximum atomic E-state index is 2.46. The zero-order valence-corrected chi connectivity index (χ0v) is 27.3. The second-order valence-corrected chi connectivity index (χ2v) is 16.7. The summed E-state index contributed by atoms with van der Waals surface area (Å²) in [6.45, 7) is 43.9. The van der Waals surface area contributed by atoms with Gasteiger partial charge in [0.1, 0.15) is 0 Å². The molecule has 2 aliphatic carbocycles. The summed E-state index contributed by atoms with van der Waals surface area (Å²) in [5.41, 5.74) is 3.06. The van der Waals surface area contributed by atoms with Gasteiger partial charge in [-0.1, -0.05) is 125 Å². The SMILES string of the molecule is CC(C)C1(C(C)C)CC(C(C)C)(C(C)(C)C)C1.CC(C)C1(C(C)C)CCC1(C(C)C)C(C)(C)C. The summed E-state index contributed by atoms with van der Waals surface area (Å²) in [6, 6.07) is 0. The van der Waals surface area contributed by atoms with Gasteiger partial charge in [-0.15, -0.1) is 0 Å². The van der Waals surface area contributed by atoms with Gasteiger partial charge in [0.2, 0.25) is 0 Å². The summed E-state index contributed by atoms with van der Waals surface area (Å²) in [7, 11) is 0. The molecule has 0 saturated heterocycles. The molecule has 2 aliphatic rings. The molecule has 0 heterocycles. The Balaban J connectivity index is 0.000000340. The van der Waals surface area contributed by atoms with Gasteiger partial charge >= 0.3 is 0 Å². The fraction of sp³-hybridized carbons (Fsp3) is 1.00. The second-order valence-electron chi connectivity index (χ2n) is 16.7. The van der Waals surface area contributed by atoms with Crippen molar-refractivity contribution in [3.05, 3.63) is 0 Å². The molecular formula is C34H68. The molecule has 0 heteroatoms. The average Bonchev–Trinajstić information content (AvgIpc) is 2.48. The summed E-state index contributed by atoms with van der Waals surface area (Å²) in [5, 5.41) is 0. The van der Waals surface area contributed by atoms with E-state index in [0.717, 1.165) is 35.5 Å². The molecule has 0 amide bonds. The minimum absolute atomic E-state index is 0.411. The normalized spacial score (nSPS) is 26.1. The van der Waals surface area contributed by atoms with E-state index in [9.17, 15) is 0 Å². The first kappa shape index (κ1) is 32.0. The van der Waals surface area contributed by atoms with Crippen molar-refractivity contribution in [3.63, 3.8) is 0 Å². The van der Waals surface area contributed by atoms with Crippen molar-refractivity contribution in [1.82, 2.24) is 0 Å². The zero-order chi connectivity index (χ0) is 27.3. The Kier molecular flexibility index (Phi) is 9.46. The molecule has 0 aliphatic heterocycles. The quantitative estimate of drug-likeness (QED) is 0.357. The Bertz CT molecular complexity index is 619. The van der Waals surface area contributed by atoms with Crippen LogP contribution in [0.1, 0.15) is 150 Å². The van der Waals surface area contributed by atoms with Crippen LogP contribution in [0, 0.1) is 68.0 Å². The average molecular weight is 477 g/mol. The van der Waals surface area contributed by atoms with E-state index >= 15 is 0 Å². The van der Waals surface area contributed by atoms with E-state index in [-0.39, 0.29) is 0 Å². The zero-order valence-electron chi connectivity index (χ0n) is 27.3. The molecule has 0 aromatic rings. The van der Waals surface area contributed by atoms with Crippen LogP contribution in [0.5, 0.6) is 0 Å². The van der Waals surface area contributed by atoms with Gasteiger partial charge < -0.3 is 0 Å². The van der Waals surface area contributed by atoms with Gasteiger partial charge in [-0.2, -0.15) is 0 Å². The molecule has 1 unspecified atom stereocenters. The summed E-state index contributed by atoms with van der Waals surface area (Å²) < 4.78 is 0. The van der Waals surface area contributed by atoms with Crippen LogP contribution in [0.15, 0.2) is 0 Å². The molecule has 0 bridgehead atoms. The van der Waals surface area contributed by atoms with Crippen molar-refractivity contribution >= 4 is 0 Å². The highest BCUT2D eigenvalue weighted by Crippen LogP contribution is 2.74. The highest BCUT2D eigenvalue weighted by atomic mass is 14.7. The van der Waals surface area contributed by atoms with Gasteiger partial charge in [0.25, 0.3) is 0 Å². The summed E-state index contributed by atoms with van der Waals surface area (Å²) in [4.78, 5) is 0. The standard InChI is InChI=1S/2C17H34/c1-12(2)16(13(3)4)10-17(11-16,14(5)6)15(7,8)9;1-12(2)16(13(3)4)10-11-17(16,14(5)6)15(7,8)9/h2*12-14H,10-11H2,1-9H3. The lowest BCUT2D eigenvalue weighted by molar-refractivity contribution is -0.234. The molecule has 2 saturated carbocycles. The van der Waals surface area contributed by atoms with E-state index in [4.69, 9.17) is 0 Å². The minimum atomic E-state index is 0.411. The van der Waals surface area contributed by atoms with Crippen LogP contribution in [-0.4, -0.2) is 0 Å². The van der Waals surface area contributed by atoms with E-state index < -0.39 is 0 Å². The minimum Gasteiger partial charge on any atom is -0.0622 e. The molecular weight excluding hydrogens is 408 g/mol. The van der Waals surface area contributed by atoms with Gasteiger partial charge in [0, 0.05) is 0 Å². The lowest BCUT2D eigenvalue weighted by Gasteiger charge is -2.72. The van der Waals surface area contributed by atoms with Crippen LogP contribution in [0.25, 0.3) is 0 Å². The van der Waals surface area contributed by atoms with Crippen LogP contribution < -0.4 is 0 Å². The predicted molar refractivity (Wildman–Crippen MR) is 156 cm³/mol. The third kappa shape index (κ3) is 4.57. The summed E-state index contributed by atoms with van der Waals surface area (Å²) >= 11 is 0. The third-order valence-electron chi connectivity index (χ3n) is 12.3. The molecule has 2 rings (SSSR count). The van der Waals surface area contributed by atoms with Gasteiger partial charge in [-0.3, -0.25) is 0 Å². The molecule has 0 aromatic heterocycles. The molecule has 2 fully saturated rings. The van der Waals surface area contributed by atoms with Gasteiger partial charge in [0.05, 0.1) is 0 Å². The number of hydrogen-bond donors (Lipinski definition) is 0. The molecule has 204 valence electrons. The topological polar surface area (TPSA) is 0 Å². The number of hydrogen-bond acceptors (Lipinski definition) is 0. The van der Waals surface area contributed by atoms with Crippen molar-refractivity contribution in [3.8, 4) is 0 Å². The first-order valence-corrected chi connectivity index (χ1v) is 15.0. The fourth-order valence-corrected chi connectivity index (χ4v) is 10.1. The number of rotatable bonds is 6. The van der Waals surface area contributed by atoms with Crippen LogP contribution in [0.4, 0.5) is 0 Å². The van der Waals surface area contributed by atoms with Crippen molar-refractivity contribution in [1.29, 1.82) is 0 Å². The highest BCUT2D eigenvalue weighted by molar-refractivity contribution is 5.15. The smallest absolute Gasteiger partial charge is 0.0164 e. The molecule has 0 spiro atoms. The summed E-state index contributed by atoms with van der Waals surface area (Å²) in [6.07, 6.45) is 5.70. The van der Waals surface area contributed by atoms with Gasteiger partial charge in [-0.05, 0) is 93.7 Å². The lowest BCUT2D eigenvalue weighted by Crippen LogP contribution is -2.65. The van der Waals surface area contributed by atoms with Crippen molar-refractivity contribution < 1.29 is 0 Å². The van der Waals surface area contributed by atoms with Crippen LogP contribution in [-0.2, 0) is 0 Å². The van der Waals surface area contributed by atoms with E-state index in [2.05, 4.69) is 125 Å². The first-order valence-electron chi connectivity index (χ1n) is 15.0. The molecule has 0 N–H and O–H groups in total.